The third kappa shape index (κ3) is 5.45. The number of benzene rings is 1. The van der Waals surface area contributed by atoms with Gasteiger partial charge in [0.05, 0.1) is 0 Å². The fourth-order valence-corrected chi connectivity index (χ4v) is 3.87. The Morgan fingerprint density at radius 1 is 1.18 bits per heavy atom. The molecule has 3 rings (SSSR count). The van der Waals surface area contributed by atoms with Gasteiger partial charge >= 0.3 is 0 Å². The van der Waals surface area contributed by atoms with Crippen LogP contribution in [-0.2, 0) is 11.3 Å². The smallest absolute Gasteiger partial charge is 0.227 e. The number of aromatic nitrogens is 3. The van der Waals surface area contributed by atoms with Crippen LogP contribution in [0.15, 0.2) is 18.2 Å². The number of hydrogen-bond acceptors (Lipinski definition) is 6. The van der Waals surface area contributed by atoms with Gasteiger partial charge in [-0.1, -0.05) is 35.7 Å². The molecule has 1 saturated carbocycles. The summed E-state index contributed by atoms with van der Waals surface area (Å²) in [4.78, 5) is 25.5. The van der Waals surface area contributed by atoms with Crippen LogP contribution in [0.2, 0.25) is 10.0 Å². The number of anilines is 2. The zero-order valence-electron chi connectivity index (χ0n) is 15.9. The first-order valence-corrected chi connectivity index (χ1v) is 10.1. The van der Waals surface area contributed by atoms with Crippen LogP contribution >= 0.6 is 23.2 Å². The average Bonchev–Trinajstić information content (AvgIpc) is 2.66. The summed E-state index contributed by atoms with van der Waals surface area (Å²) in [7, 11) is 1.77. The van der Waals surface area contributed by atoms with E-state index in [-0.39, 0.29) is 17.9 Å². The maximum atomic E-state index is 12.6. The van der Waals surface area contributed by atoms with E-state index >= 15 is 0 Å². The lowest BCUT2D eigenvalue weighted by atomic mass is 9.85. The number of amides is 1. The fourth-order valence-electron chi connectivity index (χ4n) is 3.39. The standard InChI is InChI=1S/C19H24Cl2N6O/c1-11-24-18(22-2)27-19(25-11)26-15-5-3-4-12(8-15)17(28)23-10-13-6-7-14(20)9-16(13)21/h6-7,9,12,15H,3-5,8,10H2,1-2H3,(H,23,28)(H2,22,24,25,26,27). The first-order valence-electron chi connectivity index (χ1n) is 9.33. The lowest BCUT2D eigenvalue weighted by Gasteiger charge is -2.29. The van der Waals surface area contributed by atoms with E-state index in [4.69, 9.17) is 23.2 Å². The minimum absolute atomic E-state index is 0.0419. The second kappa shape index (κ2) is 9.39. The Balaban J connectivity index is 1.56. The molecule has 1 amide bonds. The van der Waals surface area contributed by atoms with Crippen molar-refractivity contribution in [3.63, 3.8) is 0 Å². The fraction of sp³-hybridized carbons (Fsp3) is 0.474. The van der Waals surface area contributed by atoms with Crippen LogP contribution in [0.3, 0.4) is 0 Å². The average molecular weight is 423 g/mol. The zero-order valence-corrected chi connectivity index (χ0v) is 17.4. The number of hydrogen-bond donors (Lipinski definition) is 3. The van der Waals surface area contributed by atoms with Crippen molar-refractivity contribution in [1.82, 2.24) is 20.3 Å². The Labute approximate surface area is 174 Å². The molecule has 1 aliphatic rings. The molecule has 0 saturated heterocycles. The Bertz CT molecular complexity index is 847. The molecule has 2 aromatic rings. The monoisotopic (exact) mass is 422 g/mol. The summed E-state index contributed by atoms with van der Waals surface area (Å²) in [6, 6.07) is 5.43. The van der Waals surface area contributed by atoms with Crippen molar-refractivity contribution in [1.29, 1.82) is 0 Å². The van der Waals surface area contributed by atoms with Gasteiger partial charge in [0.15, 0.2) is 0 Å². The van der Waals surface area contributed by atoms with E-state index in [9.17, 15) is 4.79 Å². The van der Waals surface area contributed by atoms with Gasteiger partial charge in [-0.3, -0.25) is 4.79 Å². The Hall–Kier alpha value is -2.12. The summed E-state index contributed by atoms with van der Waals surface area (Å²) in [6.07, 6.45) is 3.56. The molecule has 0 aliphatic heterocycles. The molecule has 1 fully saturated rings. The number of nitrogens with one attached hydrogen (secondary N) is 3. The van der Waals surface area contributed by atoms with E-state index in [1.165, 1.54) is 0 Å². The first-order chi connectivity index (χ1) is 13.4. The van der Waals surface area contributed by atoms with Crippen LogP contribution in [0.4, 0.5) is 11.9 Å². The molecule has 0 bridgehead atoms. The van der Waals surface area contributed by atoms with Crippen molar-refractivity contribution in [2.45, 2.75) is 45.2 Å². The molecule has 150 valence electrons. The summed E-state index contributed by atoms with van der Waals surface area (Å²) in [5.74, 6) is 1.70. The van der Waals surface area contributed by atoms with Crippen LogP contribution in [0.5, 0.6) is 0 Å². The van der Waals surface area contributed by atoms with Gasteiger partial charge in [0.1, 0.15) is 5.82 Å². The van der Waals surface area contributed by atoms with Crippen molar-refractivity contribution < 1.29 is 4.79 Å². The molecule has 0 spiro atoms. The summed E-state index contributed by atoms with van der Waals surface area (Å²) < 4.78 is 0. The molecule has 1 aromatic carbocycles. The number of rotatable bonds is 6. The molecule has 9 heteroatoms. The van der Waals surface area contributed by atoms with Gasteiger partial charge in [-0.2, -0.15) is 15.0 Å². The maximum Gasteiger partial charge on any atom is 0.227 e. The van der Waals surface area contributed by atoms with Gasteiger partial charge in [-0.25, -0.2) is 0 Å². The van der Waals surface area contributed by atoms with Gasteiger partial charge in [-0.05, 0) is 43.9 Å². The quantitative estimate of drug-likeness (QED) is 0.655. The normalized spacial score (nSPS) is 19.1. The van der Waals surface area contributed by atoms with E-state index in [0.717, 1.165) is 31.2 Å². The zero-order chi connectivity index (χ0) is 20.1. The van der Waals surface area contributed by atoms with Gasteiger partial charge < -0.3 is 16.0 Å². The second-order valence-corrected chi connectivity index (χ2v) is 7.78. The molecule has 0 radical (unpaired) electrons. The van der Waals surface area contributed by atoms with Crippen molar-refractivity contribution in [2.24, 2.45) is 5.92 Å². The van der Waals surface area contributed by atoms with Gasteiger partial charge in [0.25, 0.3) is 0 Å². The van der Waals surface area contributed by atoms with Crippen molar-refractivity contribution in [3.8, 4) is 0 Å². The third-order valence-electron chi connectivity index (χ3n) is 4.82. The summed E-state index contributed by atoms with van der Waals surface area (Å²) in [5, 5.41) is 10.4. The summed E-state index contributed by atoms with van der Waals surface area (Å²) in [5.41, 5.74) is 0.852. The Kier molecular flexibility index (Phi) is 6.91. The molecular weight excluding hydrogens is 399 g/mol. The summed E-state index contributed by atoms with van der Waals surface area (Å²) in [6.45, 7) is 2.22. The van der Waals surface area contributed by atoms with Crippen LogP contribution in [-0.4, -0.2) is 33.9 Å². The molecule has 2 unspecified atom stereocenters. The maximum absolute atomic E-state index is 12.6. The molecule has 2 atom stereocenters. The highest BCUT2D eigenvalue weighted by Gasteiger charge is 2.27. The highest BCUT2D eigenvalue weighted by atomic mass is 35.5. The lowest BCUT2D eigenvalue weighted by Crippen LogP contribution is -2.37. The van der Waals surface area contributed by atoms with E-state index < -0.39 is 0 Å². The van der Waals surface area contributed by atoms with Gasteiger partial charge in [-0.15, -0.1) is 0 Å². The predicted octanol–water partition coefficient (Wildman–Crippen LogP) is 3.82. The van der Waals surface area contributed by atoms with Crippen LogP contribution in [0, 0.1) is 12.8 Å². The molecule has 1 aliphatic carbocycles. The number of aryl methyl sites for hydroxylation is 1. The predicted molar refractivity (Wildman–Crippen MR) is 112 cm³/mol. The first kappa shape index (κ1) is 20.6. The van der Waals surface area contributed by atoms with E-state index in [0.29, 0.717) is 34.3 Å². The van der Waals surface area contributed by atoms with Crippen molar-refractivity contribution >= 4 is 41.0 Å². The highest BCUT2D eigenvalue weighted by molar-refractivity contribution is 6.35. The van der Waals surface area contributed by atoms with Crippen molar-refractivity contribution in [2.75, 3.05) is 17.7 Å². The topological polar surface area (TPSA) is 91.8 Å². The van der Waals surface area contributed by atoms with Crippen LogP contribution in [0.1, 0.15) is 37.1 Å². The summed E-state index contributed by atoms with van der Waals surface area (Å²) >= 11 is 12.1. The van der Waals surface area contributed by atoms with Crippen molar-refractivity contribution in [3.05, 3.63) is 39.6 Å². The number of halogens is 2. The molecule has 1 heterocycles. The number of nitrogens with zero attached hydrogens (tertiary/aromatic N) is 3. The number of carbonyl (C=O) groups is 1. The van der Waals surface area contributed by atoms with E-state index in [1.54, 1.807) is 19.2 Å². The van der Waals surface area contributed by atoms with Gasteiger partial charge in [0, 0.05) is 35.6 Å². The van der Waals surface area contributed by atoms with Crippen LogP contribution in [0.25, 0.3) is 0 Å². The third-order valence-corrected chi connectivity index (χ3v) is 5.40. The number of carbonyl (C=O) groups excluding carboxylic acids is 1. The van der Waals surface area contributed by atoms with E-state index in [1.807, 2.05) is 13.0 Å². The minimum Gasteiger partial charge on any atom is -0.357 e. The second-order valence-electron chi connectivity index (χ2n) is 6.94. The minimum atomic E-state index is -0.0518. The lowest BCUT2D eigenvalue weighted by molar-refractivity contribution is -0.126. The Morgan fingerprint density at radius 3 is 2.71 bits per heavy atom. The van der Waals surface area contributed by atoms with Crippen LogP contribution < -0.4 is 16.0 Å². The molecule has 7 nitrogen and oxygen atoms in total. The van der Waals surface area contributed by atoms with E-state index in [2.05, 4.69) is 30.9 Å². The highest BCUT2D eigenvalue weighted by Crippen LogP contribution is 2.27. The molecular formula is C19H24Cl2N6O. The molecule has 1 aromatic heterocycles. The largest absolute Gasteiger partial charge is 0.357 e. The SMILES string of the molecule is CNc1nc(C)nc(NC2CCCC(C(=O)NCc3ccc(Cl)cc3Cl)C2)n1. The molecule has 28 heavy (non-hydrogen) atoms. The van der Waals surface area contributed by atoms with Gasteiger partial charge in [0.2, 0.25) is 17.8 Å². The Morgan fingerprint density at radius 2 is 1.96 bits per heavy atom. The molecule has 3 N–H and O–H groups in total.